The zero-order valence-electron chi connectivity index (χ0n) is 11.9. The summed E-state index contributed by atoms with van der Waals surface area (Å²) in [6.07, 6.45) is 0.365. The van der Waals surface area contributed by atoms with Crippen LogP contribution in [0.3, 0.4) is 0 Å². The van der Waals surface area contributed by atoms with Crippen LogP contribution in [-0.2, 0) is 4.74 Å². The monoisotopic (exact) mass is 316 g/mol. The normalized spacial score (nSPS) is 10.1. The first-order valence-electron chi connectivity index (χ1n) is 6.36. The molecule has 7 heteroatoms. The maximum Gasteiger partial charge on any atom is 0.338 e. The van der Waals surface area contributed by atoms with Gasteiger partial charge in [0.05, 0.1) is 18.2 Å². The van der Waals surface area contributed by atoms with E-state index in [-0.39, 0.29) is 16.7 Å². The number of carbonyl (C=O) groups excluding carboxylic acids is 3. The zero-order chi connectivity index (χ0) is 17.1. The SMILES string of the molecule is COC(=O)c1cc(O)c(C(=O)c2c(O)cccc2C=O)c(O)c1. The molecule has 0 aliphatic rings. The van der Waals surface area contributed by atoms with Gasteiger partial charge in [-0.25, -0.2) is 4.79 Å². The standard InChI is InChI=1S/C16H12O7/c1-23-16(22)9-5-11(19)14(12(20)6-9)15(21)13-8(7-17)3-2-4-10(13)18/h2-7,18-20H,1H3. The van der Waals surface area contributed by atoms with Crippen molar-refractivity contribution in [2.45, 2.75) is 0 Å². The van der Waals surface area contributed by atoms with Crippen molar-refractivity contribution in [3.8, 4) is 17.2 Å². The molecule has 0 saturated carbocycles. The molecule has 7 nitrogen and oxygen atoms in total. The quantitative estimate of drug-likeness (QED) is 0.445. The molecule has 0 atom stereocenters. The van der Waals surface area contributed by atoms with E-state index in [4.69, 9.17) is 0 Å². The lowest BCUT2D eigenvalue weighted by atomic mass is 9.95. The summed E-state index contributed by atoms with van der Waals surface area (Å²) in [5.41, 5.74) is -1.17. The Morgan fingerprint density at radius 3 is 2.13 bits per heavy atom. The van der Waals surface area contributed by atoms with E-state index in [9.17, 15) is 29.7 Å². The second-order valence-electron chi connectivity index (χ2n) is 4.57. The van der Waals surface area contributed by atoms with Gasteiger partial charge in [-0.1, -0.05) is 12.1 Å². The molecule has 0 aromatic heterocycles. The Balaban J connectivity index is 2.62. The first-order valence-corrected chi connectivity index (χ1v) is 6.36. The number of rotatable bonds is 4. The molecular weight excluding hydrogens is 304 g/mol. The third kappa shape index (κ3) is 2.84. The zero-order valence-corrected chi connectivity index (χ0v) is 11.9. The van der Waals surface area contributed by atoms with E-state index in [1.54, 1.807) is 0 Å². The molecule has 0 spiro atoms. The van der Waals surface area contributed by atoms with Gasteiger partial charge >= 0.3 is 5.97 Å². The van der Waals surface area contributed by atoms with Crippen LogP contribution in [0, 0.1) is 0 Å². The van der Waals surface area contributed by atoms with Gasteiger partial charge in [-0.3, -0.25) is 9.59 Å². The molecule has 0 unspecified atom stereocenters. The number of aromatic hydroxyl groups is 3. The van der Waals surface area contributed by atoms with Crippen LogP contribution in [0.25, 0.3) is 0 Å². The topological polar surface area (TPSA) is 121 Å². The van der Waals surface area contributed by atoms with Crippen molar-refractivity contribution in [3.63, 3.8) is 0 Å². The minimum Gasteiger partial charge on any atom is -0.507 e. The number of carbonyl (C=O) groups is 3. The van der Waals surface area contributed by atoms with Crippen LogP contribution in [0.15, 0.2) is 30.3 Å². The van der Waals surface area contributed by atoms with Gasteiger partial charge in [0.2, 0.25) is 5.78 Å². The lowest BCUT2D eigenvalue weighted by Gasteiger charge is -2.11. The van der Waals surface area contributed by atoms with Gasteiger partial charge in [-0.05, 0) is 18.2 Å². The van der Waals surface area contributed by atoms with Crippen LogP contribution in [0.1, 0.15) is 36.6 Å². The summed E-state index contributed by atoms with van der Waals surface area (Å²) in [4.78, 5) is 34.9. The molecule has 0 amide bonds. The van der Waals surface area contributed by atoms with E-state index in [0.29, 0.717) is 6.29 Å². The number of hydrogen-bond donors (Lipinski definition) is 3. The van der Waals surface area contributed by atoms with E-state index in [0.717, 1.165) is 19.2 Å². The molecule has 0 aliphatic carbocycles. The van der Waals surface area contributed by atoms with Gasteiger partial charge in [-0.2, -0.15) is 0 Å². The summed E-state index contributed by atoms with van der Waals surface area (Å²) in [5.74, 6) is -3.62. The molecule has 0 saturated heterocycles. The third-order valence-corrected chi connectivity index (χ3v) is 3.17. The van der Waals surface area contributed by atoms with E-state index in [1.165, 1.54) is 18.2 Å². The number of aldehydes is 1. The predicted octanol–water partition coefficient (Wildman–Crippen LogP) is 1.63. The Morgan fingerprint density at radius 1 is 1.00 bits per heavy atom. The molecular formula is C16H12O7. The first kappa shape index (κ1) is 16.0. The highest BCUT2D eigenvalue weighted by molar-refractivity contribution is 6.17. The molecule has 118 valence electrons. The summed E-state index contributed by atoms with van der Waals surface area (Å²) in [6.45, 7) is 0. The fourth-order valence-electron chi connectivity index (χ4n) is 2.11. The Kier molecular flexibility index (Phi) is 4.31. The number of phenolic OH excluding ortho intramolecular Hbond substituents is 3. The first-order chi connectivity index (χ1) is 10.9. The third-order valence-electron chi connectivity index (χ3n) is 3.17. The van der Waals surface area contributed by atoms with E-state index in [2.05, 4.69) is 4.74 Å². The number of hydrogen-bond acceptors (Lipinski definition) is 7. The van der Waals surface area contributed by atoms with Crippen molar-refractivity contribution in [2.24, 2.45) is 0 Å². The number of ketones is 1. The number of benzene rings is 2. The van der Waals surface area contributed by atoms with Crippen LogP contribution in [0.2, 0.25) is 0 Å². The number of esters is 1. The minimum atomic E-state index is -0.961. The van der Waals surface area contributed by atoms with Gasteiger partial charge in [0.1, 0.15) is 22.8 Å². The average molecular weight is 316 g/mol. The Bertz CT molecular complexity index is 785. The summed E-state index contributed by atoms with van der Waals surface area (Å²) in [7, 11) is 1.12. The van der Waals surface area contributed by atoms with Crippen LogP contribution < -0.4 is 0 Å². The summed E-state index contributed by atoms with van der Waals surface area (Å²) in [5, 5.41) is 29.7. The number of ether oxygens (including phenoxy) is 1. The van der Waals surface area contributed by atoms with E-state index in [1.807, 2.05) is 0 Å². The molecule has 0 aliphatic heterocycles. The van der Waals surface area contributed by atoms with Crippen LogP contribution in [0.4, 0.5) is 0 Å². The fraction of sp³-hybridized carbons (Fsp3) is 0.0625. The van der Waals surface area contributed by atoms with Crippen molar-refractivity contribution in [2.75, 3.05) is 7.11 Å². The highest BCUT2D eigenvalue weighted by Crippen LogP contribution is 2.34. The Labute approximate surface area is 130 Å². The minimum absolute atomic E-state index is 0.106. The summed E-state index contributed by atoms with van der Waals surface area (Å²) < 4.78 is 4.45. The van der Waals surface area contributed by atoms with Crippen molar-refractivity contribution in [1.82, 2.24) is 0 Å². The largest absolute Gasteiger partial charge is 0.507 e. The molecule has 0 bridgehead atoms. The lowest BCUT2D eigenvalue weighted by Crippen LogP contribution is -2.08. The van der Waals surface area contributed by atoms with Crippen LogP contribution >= 0.6 is 0 Å². The van der Waals surface area contributed by atoms with Crippen molar-refractivity contribution < 1.29 is 34.4 Å². The fourth-order valence-corrected chi connectivity index (χ4v) is 2.11. The molecule has 23 heavy (non-hydrogen) atoms. The van der Waals surface area contributed by atoms with Crippen molar-refractivity contribution in [3.05, 3.63) is 52.6 Å². The van der Waals surface area contributed by atoms with E-state index < -0.39 is 34.6 Å². The summed E-state index contributed by atoms with van der Waals surface area (Å²) in [6, 6.07) is 5.75. The Morgan fingerprint density at radius 2 is 1.61 bits per heavy atom. The van der Waals surface area contributed by atoms with Gasteiger partial charge in [-0.15, -0.1) is 0 Å². The molecule has 0 heterocycles. The van der Waals surface area contributed by atoms with E-state index >= 15 is 0 Å². The van der Waals surface area contributed by atoms with Gasteiger partial charge < -0.3 is 20.1 Å². The molecule has 2 aromatic carbocycles. The number of methoxy groups -OCH3 is 1. The highest BCUT2D eigenvalue weighted by Gasteiger charge is 2.25. The number of phenols is 3. The smallest absolute Gasteiger partial charge is 0.338 e. The maximum absolute atomic E-state index is 12.5. The van der Waals surface area contributed by atoms with Crippen LogP contribution in [0.5, 0.6) is 17.2 Å². The second-order valence-corrected chi connectivity index (χ2v) is 4.57. The predicted molar refractivity (Wildman–Crippen MR) is 78.0 cm³/mol. The van der Waals surface area contributed by atoms with Gasteiger partial charge in [0.25, 0.3) is 0 Å². The highest BCUT2D eigenvalue weighted by atomic mass is 16.5. The van der Waals surface area contributed by atoms with Gasteiger partial charge in [0, 0.05) is 5.56 Å². The molecule has 0 radical (unpaired) electrons. The van der Waals surface area contributed by atoms with Crippen molar-refractivity contribution in [1.29, 1.82) is 0 Å². The molecule has 3 N–H and O–H groups in total. The average Bonchev–Trinajstić information content (AvgIpc) is 2.52. The second kappa shape index (κ2) is 6.18. The van der Waals surface area contributed by atoms with Crippen molar-refractivity contribution >= 4 is 18.0 Å². The maximum atomic E-state index is 12.5. The van der Waals surface area contributed by atoms with Crippen LogP contribution in [-0.4, -0.2) is 40.5 Å². The van der Waals surface area contributed by atoms with Gasteiger partial charge in [0.15, 0.2) is 6.29 Å². The molecule has 0 fully saturated rings. The molecule has 2 aromatic rings. The lowest BCUT2D eigenvalue weighted by molar-refractivity contribution is 0.0599. The molecule has 2 rings (SSSR count). The Hall–Kier alpha value is -3.35. The summed E-state index contributed by atoms with van der Waals surface area (Å²) >= 11 is 0.